The molecular formula is C17H9ClN4O5S. The summed E-state index contributed by atoms with van der Waals surface area (Å²) in [6.07, 6.45) is 5.38. The molecule has 3 aromatic rings. The standard InChI is InChI=1S/C17H9ClN4O5S/c1-2-7-20-14-6-4-11(21(24)25)9-15(14)28-17(20)19-16(23)12-8-10(18)3-5-13(12)22(26)27/h1,3-6,8-9H,7H2. The lowest BCUT2D eigenvalue weighted by Gasteiger charge is -2.01. The Morgan fingerprint density at radius 2 is 1.96 bits per heavy atom. The van der Waals surface area contributed by atoms with Gasteiger partial charge in [0.2, 0.25) is 0 Å². The van der Waals surface area contributed by atoms with Gasteiger partial charge in [-0.1, -0.05) is 28.9 Å². The Kier molecular flexibility index (Phi) is 5.21. The van der Waals surface area contributed by atoms with Gasteiger partial charge >= 0.3 is 0 Å². The number of carbonyl (C=O) groups is 1. The van der Waals surface area contributed by atoms with Crippen molar-refractivity contribution in [3.05, 3.63) is 72.0 Å². The Hall–Kier alpha value is -3.55. The van der Waals surface area contributed by atoms with Crippen LogP contribution in [0, 0.1) is 32.6 Å². The molecule has 0 fully saturated rings. The summed E-state index contributed by atoms with van der Waals surface area (Å²) in [7, 11) is 0. The fourth-order valence-corrected chi connectivity index (χ4v) is 3.72. The van der Waals surface area contributed by atoms with E-state index in [2.05, 4.69) is 10.9 Å². The largest absolute Gasteiger partial charge is 0.305 e. The maximum atomic E-state index is 12.6. The van der Waals surface area contributed by atoms with E-state index < -0.39 is 21.4 Å². The van der Waals surface area contributed by atoms with E-state index in [9.17, 15) is 25.0 Å². The first-order chi connectivity index (χ1) is 13.3. The first-order valence-corrected chi connectivity index (χ1v) is 8.75. The molecular weight excluding hydrogens is 408 g/mol. The third-order valence-corrected chi connectivity index (χ3v) is 4.99. The number of terminal acetylenes is 1. The van der Waals surface area contributed by atoms with E-state index in [1.807, 2.05) is 0 Å². The summed E-state index contributed by atoms with van der Waals surface area (Å²) in [4.78, 5) is 37.6. The smallest absolute Gasteiger partial charge is 0.286 e. The van der Waals surface area contributed by atoms with E-state index in [-0.39, 0.29) is 27.6 Å². The van der Waals surface area contributed by atoms with Crippen LogP contribution in [0.1, 0.15) is 10.4 Å². The zero-order chi connectivity index (χ0) is 20.4. The molecule has 0 aliphatic heterocycles. The van der Waals surface area contributed by atoms with E-state index in [4.69, 9.17) is 18.0 Å². The number of non-ortho nitro benzene ring substituents is 1. The van der Waals surface area contributed by atoms with Crippen LogP contribution in [0.2, 0.25) is 5.02 Å². The van der Waals surface area contributed by atoms with Crippen molar-refractivity contribution >= 4 is 50.4 Å². The minimum absolute atomic E-state index is 0.0571. The average molecular weight is 417 g/mol. The molecule has 0 saturated heterocycles. The van der Waals surface area contributed by atoms with E-state index in [0.717, 1.165) is 23.5 Å². The number of hydrogen-bond acceptors (Lipinski definition) is 6. The predicted octanol–water partition coefficient (Wildman–Crippen LogP) is 3.55. The molecule has 1 heterocycles. The molecule has 9 nitrogen and oxygen atoms in total. The lowest BCUT2D eigenvalue weighted by atomic mass is 10.2. The van der Waals surface area contributed by atoms with Crippen LogP contribution in [0.3, 0.4) is 0 Å². The highest BCUT2D eigenvalue weighted by Gasteiger charge is 2.21. The molecule has 0 aliphatic carbocycles. The zero-order valence-electron chi connectivity index (χ0n) is 13.9. The number of nitro benzene ring substituents is 2. The van der Waals surface area contributed by atoms with E-state index in [1.54, 1.807) is 0 Å². The minimum Gasteiger partial charge on any atom is -0.305 e. The number of nitro groups is 2. The van der Waals surface area contributed by atoms with Crippen molar-refractivity contribution < 1.29 is 14.6 Å². The van der Waals surface area contributed by atoms with Gasteiger partial charge in [-0.25, -0.2) is 0 Å². The summed E-state index contributed by atoms with van der Waals surface area (Å²) < 4.78 is 2.02. The Bertz CT molecular complexity index is 1250. The Morgan fingerprint density at radius 1 is 1.21 bits per heavy atom. The number of benzene rings is 2. The van der Waals surface area contributed by atoms with Crippen molar-refractivity contribution in [2.75, 3.05) is 0 Å². The SMILES string of the molecule is C#CCn1c(=NC(=O)c2cc(Cl)ccc2[N+](=O)[O-])sc2cc([N+](=O)[O-])ccc21. The summed E-state index contributed by atoms with van der Waals surface area (Å²) in [5.74, 6) is 1.55. The van der Waals surface area contributed by atoms with Gasteiger partial charge in [0, 0.05) is 23.2 Å². The van der Waals surface area contributed by atoms with Gasteiger partial charge < -0.3 is 4.57 Å². The van der Waals surface area contributed by atoms with Crippen molar-refractivity contribution in [3.63, 3.8) is 0 Å². The second kappa shape index (κ2) is 7.59. The topological polar surface area (TPSA) is 121 Å². The molecule has 1 amide bonds. The Morgan fingerprint density at radius 3 is 2.61 bits per heavy atom. The molecule has 140 valence electrons. The Balaban J connectivity index is 2.21. The number of hydrogen-bond donors (Lipinski definition) is 0. The zero-order valence-corrected chi connectivity index (χ0v) is 15.4. The minimum atomic E-state index is -0.874. The highest BCUT2D eigenvalue weighted by molar-refractivity contribution is 7.16. The normalized spacial score (nSPS) is 11.4. The van der Waals surface area contributed by atoms with Crippen molar-refractivity contribution in [1.29, 1.82) is 0 Å². The number of fused-ring (bicyclic) bond motifs is 1. The van der Waals surface area contributed by atoms with Crippen molar-refractivity contribution in [2.24, 2.45) is 4.99 Å². The summed E-state index contributed by atoms with van der Waals surface area (Å²) >= 11 is 6.86. The quantitative estimate of drug-likeness (QED) is 0.366. The number of halogens is 1. The van der Waals surface area contributed by atoms with Crippen LogP contribution in [-0.2, 0) is 6.54 Å². The van der Waals surface area contributed by atoms with Crippen molar-refractivity contribution in [3.8, 4) is 12.3 Å². The van der Waals surface area contributed by atoms with Gasteiger partial charge in [0.1, 0.15) is 5.56 Å². The van der Waals surface area contributed by atoms with Gasteiger partial charge in [-0.15, -0.1) is 6.42 Å². The fraction of sp³-hybridized carbons (Fsp3) is 0.0588. The molecule has 0 atom stereocenters. The van der Waals surface area contributed by atoms with Crippen LogP contribution in [0.25, 0.3) is 10.2 Å². The number of thiazole rings is 1. The lowest BCUT2D eigenvalue weighted by Crippen LogP contribution is -2.17. The highest BCUT2D eigenvalue weighted by atomic mass is 35.5. The molecule has 2 aromatic carbocycles. The van der Waals surface area contributed by atoms with Gasteiger partial charge in [-0.2, -0.15) is 4.99 Å². The summed E-state index contributed by atoms with van der Waals surface area (Å²) in [5.41, 5.74) is -0.266. The summed E-state index contributed by atoms with van der Waals surface area (Å²) in [6.45, 7) is 0.0571. The average Bonchev–Trinajstić information content (AvgIpc) is 2.98. The lowest BCUT2D eigenvalue weighted by molar-refractivity contribution is -0.385. The van der Waals surface area contributed by atoms with Crippen LogP contribution >= 0.6 is 22.9 Å². The van der Waals surface area contributed by atoms with Gasteiger partial charge in [0.25, 0.3) is 17.3 Å². The number of carbonyl (C=O) groups excluding carboxylic acids is 1. The highest BCUT2D eigenvalue weighted by Crippen LogP contribution is 2.25. The number of amides is 1. The van der Waals surface area contributed by atoms with Gasteiger partial charge in [-0.05, 0) is 18.2 Å². The molecule has 0 aliphatic rings. The molecule has 3 rings (SSSR count). The van der Waals surface area contributed by atoms with Crippen molar-refractivity contribution in [1.82, 2.24) is 4.57 Å². The number of rotatable bonds is 4. The number of nitrogens with zero attached hydrogens (tertiary/aromatic N) is 4. The molecule has 0 unspecified atom stereocenters. The number of aromatic nitrogens is 1. The predicted molar refractivity (Wildman–Crippen MR) is 103 cm³/mol. The van der Waals surface area contributed by atoms with Crippen LogP contribution in [0.5, 0.6) is 0 Å². The maximum Gasteiger partial charge on any atom is 0.286 e. The van der Waals surface area contributed by atoms with Gasteiger partial charge in [-0.3, -0.25) is 25.0 Å². The van der Waals surface area contributed by atoms with Crippen LogP contribution in [-0.4, -0.2) is 20.3 Å². The Labute approximate surface area is 165 Å². The van der Waals surface area contributed by atoms with E-state index in [0.29, 0.717) is 10.2 Å². The van der Waals surface area contributed by atoms with Crippen LogP contribution < -0.4 is 4.80 Å². The van der Waals surface area contributed by atoms with Crippen LogP contribution in [0.4, 0.5) is 11.4 Å². The molecule has 0 spiro atoms. The fourth-order valence-electron chi connectivity index (χ4n) is 2.49. The van der Waals surface area contributed by atoms with Crippen LogP contribution in [0.15, 0.2) is 41.4 Å². The maximum absolute atomic E-state index is 12.6. The summed E-state index contributed by atoms with van der Waals surface area (Å²) in [5, 5.41) is 22.3. The molecule has 1 aromatic heterocycles. The summed E-state index contributed by atoms with van der Waals surface area (Å²) in [6, 6.07) is 7.75. The molecule has 0 bridgehead atoms. The van der Waals surface area contributed by atoms with Gasteiger partial charge in [0.15, 0.2) is 4.80 Å². The molecule has 11 heteroatoms. The molecule has 0 radical (unpaired) electrons. The molecule has 28 heavy (non-hydrogen) atoms. The van der Waals surface area contributed by atoms with E-state index in [1.165, 1.54) is 28.8 Å². The first-order valence-electron chi connectivity index (χ1n) is 7.56. The third kappa shape index (κ3) is 3.62. The molecule has 0 N–H and O–H groups in total. The van der Waals surface area contributed by atoms with Crippen molar-refractivity contribution in [2.45, 2.75) is 6.54 Å². The van der Waals surface area contributed by atoms with E-state index >= 15 is 0 Å². The second-order valence-electron chi connectivity index (χ2n) is 5.42. The second-order valence-corrected chi connectivity index (χ2v) is 6.87. The third-order valence-electron chi connectivity index (χ3n) is 3.71. The van der Waals surface area contributed by atoms with Gasteiger partial charge in [0.05, 0.1) is 26.6 Å². The monoisotopic (exact) mass is 416 g/mol. The first kappa shape index (κ1) is 19.2. The molecule has 0 saturated carbocycles.